The lowest BCUT2D eigenvalue weighted by atomic mass is 10.0. The van der Waals surface area contributed by atoms with E-state index in [0.717, 1.165) is 29.0 Å². The van der Waals surface area contributed by atoms with Crippen LogP contribution in [0.3, 0.4) is 0 Å². The van der Waals surface area contributed by atoms with Crippen molar-refractivity contribution >= 4 is 35.0 Å². The second kappa shape index (κ2) is 8.38. The maximum atomic E-state index is 12.7. The number of thioether (sulfide) groups is 1. The lowest BCUT2D eigenvalue weighted by Crippen LogP contribution is -2.37. The van der Waals surface area contributed by atoms with E-state index in [1.165, 1.54) is 18.9 Å². The molecule has 1 N–H and O–H groups in total. The first-order valence-corrected chi connectivity index (χ1v) is 9.73. The summed E-state index contributed by atoms with van der Waals surface area (Å²) >= 11 is 1.54. The van der Waals surface area contributed by atoms with Gasteiger partial charge in [0.1, 0.15) is 6.61 Å². The fraction of sp³-hybridized carbons (Fsp3) is 0.300. The topological polar surface area (TPSA) is 58.6 Å². The van der Waals surface area contributed by atoms with Gasteiger partial charge in [0.25, 0.3) is 11.8 Å². The minimum atomic E-state index is -0.152. The van der Waals surface area contributed by atoms with Gasteiger partial charge in [-0.2, -0.15) is 0 Å². The zero-order valence-corrected chi connectivity index (χ0v) is 15.8. The Balaban J connectivity index is 1.85. The molecule has 136 valence electrons. The van der Waals surface area contributed by atoms with E-state index < -0.39 is 0 Å². The van der Waals surface area contributed by atoms with Crippen LogP contribution in [-0.2, 0) is 16.0 Å². The van der Waals surface area contributed by atoms with Crippen LogP contribution in [0.25, 0.3) is 0 Å². The first kappa shape index (κ1) is 18.5. The van der Waals surface area contributed by atoms with Crippen molar-refractivity contribution in [3.8, 4) is 0 Å². The number of hydrogen-bond acceptors (Lipinski definition) is 4. The Morgan fingerprint density at radius 2 is 2.04 bits per heavy atom. The Morgan fingerprint density at radius 1 is 1.23 bits per heavy atom. The number of anilines is 2. The highest BCUT2D eigenvalue weighted by Crippen LogP contribution is 2.31. The van der Waals surface area contributed by atoms with Crippen LogP contribution in [0.4, 0.5) is 11.4 Å². The first-order valence-electron chi connectivity index (χ1n) is 8.50. The molecule has 0 saturated carbocycles. The number of nitrogens with one attached hydrogen (secondary N) is 1. The maximum Gasteiger partial charge on any atom is 0.256 e. The Bertz CT molecular complexity index is 822. The molecule has 6 heteroatoms. The molecule has 0 aliphatic carbocycles. The van der Waals surface area contributed by atoms with Crippen LogP contribution in [0.15, 0.2) is 47.4 Å². The first-order chi connectivity index (χ1) is 12.6. The molecule has 1 aliphatic rings. The van der Waals surface area contributed by atoms with Crippen molar-refractivity contribution in [2.24, 2.45) is 0 Å². The summed E-state index contributed by atoms with van der Waals surface area (Å²) in [5, 5.41) is 2.95. The smallest absolute Gasteiger partial charge is 0.256 e. The molecule has 0 aromatic heterocycles. The Labute approximate surface area is 157 Å². The second-order valence-electron chi connectivity index (χ2n) is 6.08. The van der Waals surface area contributed by atoms with Crippen molar-refractivity contribution in [2.45, 2.75) is 17.7 Å². The summed E-state index contributed by atoms with van der Waals surface area (Å²) in [7, 11) is 1.52. The summed E-state index contributed by atoms with van der Waals surface area (Å²) in [6.45, 7) is 0.721. The maximum absolute atomic E-state index is 12.7. The quantitative estimate of drug-likeness (QED) is 0.817. The molecule has 2 amide bonds. The van der Waals surface area contributed by atoms with Gasteiger partial charge in [0.05, 0.1) is 5.56 Å². The second-order valence-corrected chi connectivity index (χ2v) is 6.93. The largest absolute Gasteiger partial charge is 0.375 e. The number of hydrogen-bond donors (Lipinski definition) is 1. The van der Waals surface area contributed by atoms with Gasteiger partial charge in [-0.05, 0) is 48.9 Å². The molecule has 3 rings (SSSR count). The van der Waals surface area contributed by atoms with Gasteiger partial charge in [-0.15, -0.1) is 11.8 Å². The van der Waals surface area contributed by atoms with Gasteiger partial charge in [0, 0.05) is 29.9 Å². The highest BCUT2D eigenvalue weighted by atomic mass is 32.2. The van der Waals surface area contributed by atoms with Crippen LogP contribution in [0, 0.1) is 0 Å². The predicted octanol–water partition coefficient (Wildman–Crippen LogP) is 3.59. The molecule has 0 spiro atoms. The van der Waals surface area contributed by atoms with Crippen molar-refractivity contribution in [3.05, 3.63) is 53.6 Å². The van der Waals surface area contributed by atoms with Crippen LogP contribution >= 0.6 is 11.8 Å². The molecule has 2 aromatic carbocycles. The van der Waals surface area contributed by atoms with Gasteiger partial charge in [-0.3, -0.25) is 9.59 Å². The molecule has 0 radical (unpaired) electrons. The van der Waals surface area contributed by atoms with Crippen molar-refractivity contribution < 1.29 is 14.3 Å². The van der Waals surface area contributed by atoms with Crippen molar-refractivity contribution in [1.29, 1.82) is 0 Å². The average molecular weight is 370 g/mol. The molecule has 26 heavy (non-hydrogen) atoms. The molecule has 0 bridgehead atoms. The van der Waals surface area contributed by atoms with Gasteiger partial charge in [0.2, 0.25) is 0 Å². The molecule has 0 atom stereocenters. The lowest BCUT2D eigenvalue weighted by Gasteiger charge is -2.30. The summed E-state index contributed by atoms with van der Waals surface area (Å²) in [6.07, 6.45) is 3.80. The highest BCUT2D eigenvalue weighted by Gasteiger charge is 2.23. The van der Waals surface area contributed by atoms with E-state index in [4.69, 9.17) is 4.74 Å². The number of benzene rings is 2. The molecule has 0 fully saturated rings. The Morgan fingerprint density at radius 3 is 2.81 bits per heavy atom. The zero-order chi connectivity index (χ0) is 18.5. The normalized spacial score (nSPS) is 13.2. The van der Waals surface area contributed by atoms with Crippen molar-refractivity contribution in [1.82, 2.24) is 0 Å². The third-order valence-corrected chi connectivity index (χ3v) is 5.18. The summed E-state index contributed by atoms with van der Waals surface area (Å²) in [6, 6.07) is 13.3. The van der Waals surface area contributed by atoms with Crippen molar-refractivity contribution in [2.75, 3.05) is 36.7 Å². The van der Waals surface area contributed by atoms with Gasteiger partial charge in [-0.1, -0.05) is 18.2 Å². The Hall–Kier alpha value is -2.31. The van der Waals surface area contributed by atoms with E-state index in [-0.39, 0.29) is 18.4 Å². The zero-order valence-electron chi connectivity index (χ0n) is 15.0. The third-order valence-electron chi connectivity index (χ3n) is 4.38. The number of aryl methyl sites for hydroxylation is 1. The van der Waals surface area contributed by atoms with Crippen molar-refractivity contribution in [3.63, 3.8) is 0 Å². The van der Waals surface area contributed by atoms with Gasteiger partial charge in [0.15, 0.2) is 0 Å². The lowest BCUT2D eigenvalue weighted by molar-refractivity contribution is -0.122. The molecule has 0 saturated heterocycles. The highest BCUT2D eigenvalue weighted by molar-refractivity contribution is 7.98. The fourth-order valence-corrected chi connectivity index (χ4v) is 3.74. The standard InChI is InChI=1S/C20H22N2O3S/c1-25-13-19(23)22-11-5-6-14-9-10-15(12-17(14)22)21-20(24)16-7-3-4-8-18(16)26-2/h3-4,7-10,12H,5-6,11,13H2,1-2H3,(H,21,24). The number of methoxy groups -OCH3 is 1. The SMILES string of the molecule is COCC(=O)N1CCCc2ccc(NC(=O)c3ccccc3SC)cc21. The molecule has 1 heterocycles. The summed E-state index contributed by atoms with van der Waals surface area (Å²) < 4.78 is 4.99. The van der Waals surface area contributed by atoms with E-state index in [1.807, 2.05) is 48.7 Å². The minimum Gasteiger partial charge on any atom is -0.375 e. The van der Waals surface area contributed by atoms with Crippen LogP contribution in [0.1, 0.15) is 22.3 Å². The summed E-state index contributed by atoms with van der Waals surface area (Å²) in [5.74, 6) is -0.217. The number of amides is 2. The number of carbonyl (C=O) groups is 2. The van der Waals surface area contributed by atoms with Crippen LogP contribution in [0.2, 0.25) is 0 Å². The molecule has 0 unspecified atom stereocenters. The van der Waals surface area contributed by atoms with E-state index in [2.05, 4.69) is 5.32 Å². The molecule has 2 aromatic rings. The molecule has 1 aliphatic heterocycles. The third kappa shape index (κ3) is 3.92. The molecular weight excluding hydrogens is 348 g/mol. The number of rotatable bonds is 5. The number of carbonyl (C=O) groups excluding carboxylic acids is 2. The van der Waals surface area contributed by atoms with E-state index >= 15 is 0 Å². The average Bonchev–Trinajstić information content (AvgIpc) is 2.67. The van der Waals surface area contributed by atoms with E-state index in [9.17, 15) is 9.59 Å². The molecule has 5 nitrogen and oxygen atoms in total. The number of ether oxygens (including phenoxy) is 1. The summed E-state index contributed by atoms with van der Waals surface area (Å²) in [5.41, 5.74) is 3.30. The number of nitrogens with zero attached hydrogens (tertiary/aromatic N) is 1. The fourth-order valence-electron chi connectivity index (χ4n) is 3.14. The molecular formula is C20H22N2O3S. The van der Waals surface area contributed by atoms with Gasteiger partial charge in [-0.25, -0.2) is 0 Å². The van der Waals surface area contributed by atoms with E-state index in [0.29, 0.717) is 17.8 Å². The van der Waals surface area contributed by atoms with E-state index in [1.54, 1.807) is 4.90 Å². The number of fused-ring (bicyclic) bond motifs is 1. The minimum absolute atomic E-state index is 0.0527. The Kier molecular flexibility index (Phi) is 5.96. The van der Waals surface area contributed by atoms with Crippen LogP contribution < -0.4 is 10.2 Å². The monoisotopic (exact) mass is 370 g/mol. The van der Waals surface area contributed by atoms with Gasteiger partial charge >= 0.3 is 0 Å². The van der Waals surface area contributed by atoms with Crippen LogP contribution in [0.5, 0.6) is 0 Å². The van der Waals surface area contributed by atoms with Gasteiger partial charge < -0.3 is 15.0 Å². The summed E-state index contributed by atoms with van der Waals surface area (Å²) in [4.78, 5) is 27.6. The van der Waals surface area contributed by atoms with Crippen LogP contribution in [-0.4, -0.2) is 38.3 Å². The predicted molar refractivity (Wildman–Crippen MR) is 105 cm³/mol.